The molecule has 1 atom stereocenters. The Morgan fingerprint density at radius 3 is 2.38 bits per heavy atom. The van der Waals surface area contributed by atoms with E-state index in [4.69, 9.17) is 12.2 Å². The van der Waals surface area contributed by atoms with Crippen LogP contribution in [0, 0.1) is 0 Å². The minimum Gasteiger partial charge on any atom is -0.372 e. The third-order valence-electron chi connectivity index (χ3n) is 4.57. The van der Waals surface area contributed by atoms with E-state index in [2.05, 4.69) is 78.3 Å². The molecule has 0 amide bonds. The van der Waals surface area contributed by atoms with Gasteiger partial charge in [0.25, 0.3) is 0 Å². The van der Waals surface area contributed by atoms with Gasteiger partial charge in [0.1, 0.15) is 4.99 Å². The van der Waals surface area contributed by atoms with Crippen LogP contribution in [0.25, 0.3) is 0 Å². The summed E-state index contributed by atoms with van der Waals surface area (Å²) < 4.78 is 0. The molecule has 1 unspecified atom stereocenters. The Labute approximate surface area is 148 Å². The van der Waals surface area contributed by atoms with Gasteiger partial charge >= 0.3 is 0 Å². The second-order valence-corrected chi connectivity index (χ2v) is 7.47. The molecule has 0 saturated carbocycles. The molecule has 0 fully saturated rings. The van der Waals surface area contributed by atoms with Crippen LogP contribution in [0.1, 0.15) is 31.9 Å². The van der Waals surface area contributed by atoms with Gasteiger partial charge in [-0.1, -0.05) is 54.7 Å². The largest absolute Gasteiger partial charge is 0.372 e. The Morgan fingerprint density at radius 2 is 1.62 bits per heavy atom. The smallest absolute Gasteiger partial charge is 0.107 e. The Hall–Kier alpha value is -2.33. The van der Waals surface area contributed by atoms with Gasteiger partial charge in [0.2, 0.25) is 0 Å². The van der Waals surface area contributed by atoms with Gasteiger partial charge in [-0.15, -0.1) is 0 Å². The van der Waals surface area contributed by atoms with Crippen molar-refractivity contribution in [2.45, 2.75) is 31.8 Å². The molecule has 0 aromatic heterocycles. The first kappa shape index (κ1) is 15.2. The highest BCUT2D eigenvalue weighted by atomic mass is 32.1. The SMILES string of the molecule is CC1(C)CC2=C(C(=S)N1)C(c1ccccc1)Nc1ccccc1N2. The molecule has 0 spiro atoms. The molecule has 4 heteroatoms. The highest BCUT2D eigenvalue weighted by Gasteiger charge is 2.36. The highest BCUT2D eigenvalue weighted by Crippen LogP contribution is 2.40. The second kappa shape index (κ2) is 5.64. The van der Waals surface area contributed by atoms with Crippen LogP contribution in [-0.4, -0.2) is 10.5 Å². The second-order valence-electron chi connectivity index (χ2n) is 7.07. The van der Waals surface area contributed by atoms with E-state index >= 15 is 0 Å². The topological polar surface area (TPSA) is 36.1 Å². The third-order valence-corrected chi connectivity index (χ3v) is 4.90. The van der Waals surface area contributed by atoms with E-state index in [1.54, 1.807) is 0 Å². The number of hydrogen-bond acceptors (Lipinski definition) is 3. The summed E-state index contributed by atoms with van der Waals surface area (Å²) in [4.78, 5) is 0.822. The van der Waals surface area contributed by atoms with Gasteiger partial charge in [0.05, 0.1) is 17.4 Å². The standard InChI is InChI=1S/C20H21N3S/c1-20(2)12-16-17(19(24)23-20)18(13-8-4-3-5-9-13)22-15-11-7-6-10-14(15)21-16/h3-11,18,21-22H,12H2,1-2H3,(H,23,24). The maximum Gasteiger partial charge on any atom is 0.107 e. The van der Waals surface area contributed by atoms with E-state index in [0.29, 0.717) is 0 Å². The fourth-order valence-corrected chi connectivity index (χ4v) is 4.03. The number of benzene rings is 2. The molecule has 122 valence electrons. The van der Waals surface area contributed by atoms with Gasteiger partial charge in [-0.3, -0.25) is 0 Å². The van der Waals surface area contributed by atoms with Crippen molar-refractivity contribution in [3.8, 4) is 0 Å². The average Bonchev–Trinajstić information content (AvgIpc) is 2.70. The summed E-state index contributed by atoms with van der Waals surface area (Å²) in [5.74, 6) is 0. The lowest BCUT2D eigenvalue weighted by atomic mass is 9.86. The summed E-state index contributed by atoms with van der Waals surface area (Å²) in [5.41, 5.74) is 5.71. The predicted octanol–water partition coefficient (Wildman–Crippen LogP) is 4.62. The first-order valence-electron chi connectivity index (χ1n) is 8.27. The van der Waals surface area contributed by atoms with Crippen LogP contribution in [0.3, 0.4) is 0 Å². The summed E-state index contributed by atoms with van der Waals surface area (Å²) in [6, 6.07) is 18.9. The van der Waals surface area contributed by atoms with Crippen LogP contribution in [0.15, 0.2) is 65.9 Å². The number of para-hydroxylation sites is 2. The Kier molecular flexibility index (Phi) is 3.57. The van der Waals surface area contributed by atoms with Crippen molar-refractivity contribution in [2.75, 3.05) is 10.6 Å². The van der Waals surface area contributed by atoms with E-state index in [-0.39, 0.29) is 11.6 Å². The number of thiocarbonyl (C=S) groups is 1. The average molecular weight is 335 g/mol. The van der Waals surface area contributed by atoms with Gasteiger partial charge in [-0.25, -0.2) is 0 Å². The fraction of sp³-hybridized carbons (Fsp3) is 0.250. The van der Waals surface area contributed by atoms with Gasteiger partial charge in [0, 0.05) is 23.2 Å². The van der Waals surface area contributed by atoms with E-state index in [1.165, 1.54) is 11.3 Å². The van der Waals surface area contributed by atoms with Gasteiger partial charge < -0.3 is 16.0 Å². The molecule has 2 aliphatic rings. The zero-order valence-corrected chi connectivity index (χ0v) is 14.7. The minimum atomic E-state index is -0.0521. The molecule has 3 N–H and O–H groups in total. The molecule has 0 aliphatic carbocycles. The van der Waals surface area contributed by atoms with Crippen LogP contribution in [0.2, 0.25) is 0 Å². The summed E-state index contributed by atoms with van der Waals surface area (Å²) >= 11 is 5.75. The fourth-order valence-electron chi connectivity index (χ4n) is 3.51. The predicted molar refractivity (Wildman–Crippen MR) is 104 cm³/mol. The summed E-state index contributed by atoms with van der Waals surface area (Å²) in [6.45, 7) is 4.37. The van der Waals surface area contributed by atoms with Crippen molar-refractivity contribution in [3.05, 3.63) is 71.4 Å². The Morgan fingerprint density at radius 1 is 0.958 bits per heavy atom. The molecule has 0 bridgehead atoms. The normalized spacial score (nSPS) is 21.6. The summed E-state index contributed by atoms with van der Waals surface area (Å²) in [7, 11) is 0. The van der Waals surface area contributed by atoms with Crippen LogP contribution >= 0.6 is 12.2 Å². The summed E-state index contributed by atoms with van der Waals surface area (Å²) in [5, 5.41) is 10.8. The first-order chi connectivity index (χ1) is 11.5. The van der Waals surface area contributed by atoms with Crippen molar-refractivity contribution in [1.29, 1.82) is 0 Å². The lowest BCUT2D eigenvalue weighted by Gasteiger charge is -2.37. The third kappa shape index (κ3) is 2.67. The first-order valence-corrected chi connectivity index (χ1v) is 8.67. The molecule has 0 saturated heterocycles. The highest BCUT2D eigenvalue weighted by molar-refractivity contribution is 7.80. The molecule has 2 aromatic carbocycles. The molecule has 4 rings (SSSR count). The monoisotopic (exact) mass is 335 g/mol. The van der Waals surface area contributed by atoms with Crippen molar-refractivity contribution < 1.29 is 0 Å². The lowest BCUT2D eigenvalue weighted by molar-refractivity contribution is 0.447. The number of rotatable bonds is 1. The van der Waals surface area contributed by atoms with Crippen molar-refractivity contribution >= 4 is 28.6 Å². The molecular weight excluding hydrogens is 314 g/mol. The Bertz CT molecular complexity index is 824. The molecule has 2 aromatic rings. The van der Waals surface area contributed by atoms with E-state index < -0.39 is 0 Å². The van der Waals surface area contributed by atoms with Crippen molar-refractivity contribution in [2.24, 2.45) is 0 Å². The molecule has 2 aliphatic heterocycles. The van der Waals surface area contributed by atoms with Gasteiger partial charge in [0.15, 0.2) is 0 Å². The number of hydrogen-bond donors (Lipinski definition) is 3. The zero-order chi connectivity index (χ0) is 16.7. The van der Waals surface area contributed by atoms with Crippen molar-refractivity contribution in [3.63, 3.8) is 0 Å². The van der Waals surface area contributed by atoms with E-state index in [0.717, 1.165) is 28.4 Å². The van der Waals surface area contributed by atoms with Crippen LogP contribution in [0.5, 0.6) is 0 Å². The van der Waals surface area contributed by atoms with E-state index in [9.17, 15) is 0 Å². The maximum absolute atomic E-state index is 5.75. The Balaban J connectivity index is 1.89. The minimum absolute atomic E-state index is 0.0356. The quantitative estimate of drug-likeness (QED) is 0.665. The molecule has 2 heterocycles. The molecule has 24 heavy (non-hydrogen) atoms. The maximum atomic E-state index is 5.75. The van der Waals surface area contributed by atoms with Gasteiger partial charge in [-0.05, 0) is 31.5 Å². The lowest BCUT2D eigenvalue weighted by Crippen LogP contribution is -2.49. The van der Waals surface area contributed by atoms with Crippen molar-refractivity contribution in [1.82, 2.24) is 5.32 Å². The van der Waals surface area contributed by atoms with Crippen LogP contribution in [-0.2, 0) is 0 Å². The summed E-state index contributed by atoms with van der Waals surface area (Å²) in [6.07, 6.45) is 0.905. The van der Waals surface area contributed by atoms with Crippen LogP contribution < -0.4 is 16.0 Å². The molecule has 0 radical (unpaired) electrons. The zero-order valence-electron chi connectivity index (χ0n) is 13.9. The number of fused-ring (bicyclic) bond motifs is 1. The van der Waals surface area contributed by atoms with Gasteiger partial charge in [-0.2, -0.15) is 0 Å². The number of anilines is 2. The number of nitrogens with one attached hydrogen (secondary N) is 3. The van der Waals surface area contributed by atoms with Crippen LogP contribution in [0.4, 0.5) is 11.4 Å². The van der Waals surface area contributed by atoms with E-state index in [1.807, 2.05) is 6.07 Å². The molecular formula is C20H21N3S. The molecule has 3 nitrogen and oxygen atoms in total.